The molecule has 1 atom stereocenters. The van der Waals surface area contributed by atoms with E-state index < -0.39 is 6.04 Å². The number of rotatable bonds is 4. The number of ketones is 1. The van der Waals surface area contributed by atoms with Crippen molar-refractivity contribution in [3.8, 4) is 5.75 Å². The maximum absolute atomic E-state index is 13.4. The summed E-state index contributed by atoms with van der Waals surface area (Å²) in [7, 11) is 0. The Balaban J connectivity index is 1.52. The molecule has 0 fully saturated rings. The maximum atomic E-state index is 13.4. The highest BCUT2D eigenvalue weighted by atomic mass is 79.9. The van der Waals surface area contributed by atoms with E-state index in [9.17, 15) is 4.79 Å². The average molecular weight is 536 g/mol. The summed E-state index contributed by atoms with van der Waals surface area (Å²) in [4.78, 5) is 13.4. The first-order chi connectivity index (χ1) is 16.5. The minimum Gasteiger partial charge on any atom is -0.489 e. The van der Waals surface area contributed by atoms with Crippen LogP contribution < -0.4 is 10.1 Å². The van der Waals surface area contributed by atoms with E-state index in [1.807, 2.05) is 18.2 Å². The van der Waals surface area contributed by atoms with E-state index in [1.54, 1.807) is 4.68 Å². The van der Waals surface area contributed by atoms with Crippen LogP contribution in [0.2, 0.25) is 0 Å². The molecule has 1 aliphatic heterocycles. The lowest BCUT2D eigenvalue weighted by Crippen LogP contribution is -2.36. The highest BCUT2D eigenvalue weighted by Crippen LogP contribution is 2.47. The Labute approximate surface area is 214 Å². The molecule has 7 nitrogen and oxygen atoms in total. The van der Waals surface area contributed by atoms with Gasteiger partial charge in [-0.05, 0) is 57.0 Å². The van der Waals surface area contributed by atoms with Gasteiger partial charge < -0.3 is 10.1 Å². The van der Waals surface area contributed by atoms with Crippen LogP contribution in [-0.2, 0) is 16.8 Å². The standard InChI is InChI=1S/C27H30BrN5O2/c1-26(2,3)17-8-6-16(7-9-17)15-35-22-11-10-18(28)12-19(22)24-23-20(13-27(4,5)14-21(23)34)29-25-30-31-32-33(24)25/h6-12,24H,13-15H2,1-5H3,(H,29,30,32). The number of allylic oxidation sites excluding steroid dienone is 2. The van der Waals surface area contributed by atoms with Crippen LogP contribution in [0.4, 0.5) is 5.95 Å². The van der Waals surface area contributed by atoms with Crippen LogP contribution in [-0.4, -0.2) is 26.0 Å². The molecule has 2 aliphatic rings. The molecular formula is C27H30BrN5O2. The van der Waals surface area contributed by atoms with Crippen molar-refractivity contribution in [3.63, 3.8) is 0 Å². The van der Waals surface area contributed by atoms with Gasteiger partial charge in [-0.3, -0.25) is 4.79 Å². The second-order valence-corrected chi connectivity index (χ2v) is 12.1. The van der Waals surface area contributed by atoms with E-state index in [2.05, 4.69) is 95.7 Å². The first kappa shape index (κ1) is 23.7. The van der Waals surface area contributed by atoms with Gasteiger partial charge in [0.25, 0.3) is 0 Å². The quantitative estimate of drug-likeness (QED) is 0.443. The molecule has 5 rings (SSSR count). The zero-order chi connectivity index (χ0) is 25.0. The average Bonchev–Trinajstić information content (AvgIpc) is 3.24. The second kappa shape index (κ2) is 8.59. The number of tetrazole rings is 1. The Bertz CT molecular complexity index is 1320. The predicted molar refractivity (Wildman–Crippen MR) is 138 cm³/mol. The first-order valence-corrected chi connectivity index (χ1v) is 12.6. The van der Waals surface area contributed by atoms with Crippen molar-refractivity contribution >= 4 is 27.7 Å². The highest BCUT2D eigenvalue weighted by molar-refractivity contribution is 9.10. The van der Waals surface area contributed by atoms with Crippen LogP contribution >= 0.6 is 15.9 Å². The number of benzene rings is 2. The number of anilines is 1. The maximum Gasteiger partial charge on any atom is 0.248 e. The SMILES string of the molecule is CC1(C)CC(=O)C2=C(C1)Nc1nnnn1C2c1cc(Br)ccc1OCc1ccc(C(C)(C)C)cc1. The number of nitrogens with one attached hydrogen (secondary N) is 1. The van der Waals surface area contributed by atoms with Crippen LogP contribution in [0.15, 0.2) is 58.2 Å². The number of carbonyl (C=O) groups is 1. The molecule has 0 bridgehead atoms. The van der Waals surface area contributed by atoms with Crippen molar-refractivity contribution in [2.75, 3.05) is 5.32 Å². The van der Waals surface area contributed by atoms with Crippen LogP contribution in [0.25, 0.3) is 0 Å². The summed E-state index contributed by atoms with van der Waals surface area (Å²) < 4.78 is 8.93. The molecule has 1 unspecified atom stereocenters. The van der Waals surface area contributed by atoms with Gasteiger partial charge in [-0.25, -0.2) is 0 Å². The van der Waals surface area contributed by atoms with Gasteiger partial charge in [-0.2, -0.15) is 4.68 Å². The monoisotopic (exact) mass is 535 g/mol. The minimum absolute atomic E-state index is 0.101. The van der Waals surface area contributed by atoms with Crippen molar-refractivity contribution in [1.29, 1.82) is 0 Å². The molecule has 3 aromatic rings. The van der Waals surface area contributed by atoms with E-state index in [4.69, 9.17) is 4.74 Å². The number of ether oxygens (including phenoxy) is 1. The van der Waals surface area contributed by atoms with Crippen molar-refractivity contribution in [1.82, 2.24) is 20.2 Å². The summed E-state index contributed by atoms with van der Waals surface area (Å²) >= 11 is 3.60. The molecule has 0 radical (unpaired) electrons. The number of carbonyl (C=O) groups excluding carboxylic acids is 1. The summed E-state index contributed by atoms with van der Waals surface area (Å²) in [5, 5.41) is 15.6. The van der Waals surface area contributed by atoms with Gasteiger partial charge in [0.2, 0.25) is 5.95 Å². The summed E-state index contributed by atoms with van der Waals surface area (Å²) in [6, 6.07) is 13.9. The smallest absolute Gasteiger partial charge is 0.248 e. The van der Waals surface area contributed by atoms with E-state index >= 15 is 0 Å². The van der Waals surface area contributed by atoms with Crippen molar-refractivity contribution in [3.05, 3.63) is 74.9 Å². The van der Waals surface area contributed by atoms with E-state index in [1.165, 1.54) is 5.56 Å². The Morgan fingerprint density at radius 3 is 2.60 bits per heavy atom. The number of hydrogen-bond acceptors (Lipinski definition) is 6. The molecule has 0 saturated heterocycles. The molecule has 1 N–H and O–H groups in total. The summed E-state index contributed by atoms with van der Waals surface area (Å²) in [5.74, 6) is 1.34. The van der Waals surface area contributed by atoms with Gasteiger partial charge in [0.1, 0.15) is 18.4 Å². The van der Waals surface area contributed by atoms with Crippen molar-refractivity contribution in [2.24, 2.45) is 5.41 Å². The lowest BCUT2D eigenvalue weighted by Gasteiger charge is -2.38. The van der Waals surface area contributed by atoms with Gasteiger partial charge in [0, 0.05) is 27.7 Å². The van der Waals surface area contributed by atoms with Gasteiger partial charge >= 0.3 is 0 Å². The largest absolute Gasteiger partial charge is 0.489 e. The third-order valence-corrected chi connectivity index (χ3v) is 7.17. The molecule has 2 aromatic carbocycles. The van der Waals surface area contributed by atoms with Crippen LogP contribution in [0.1, 0.15) is 70.2 Å². The summed E-state index contributed by atoms with van der Waals surface area (Å²) in [5.41, 5.74) is 4.79. The lowest BCUT2D eigenvalue weighted by molar-refractivity contribution is -0.118. The molecular weight excluding hydrogens is 506 g/mol. The third-order valence-electron chi connectivity index (χ3n) is 6.67. The van der Waals surface area contributed by atoms with Gasteiger partial charge in [0.05, 0.1) is 0 Å². The predicted octanol–water partition coefficient (Wildman–Crippen LogP) is 5.97. The molecule has 2 heterocycles. The summed E-state index contributed by atoms with van der Waals surface area (Å²) in [6.45, 7) is 11.3. The second-order valence-electron chi connectivity index (χ2n) is 11.2. The normalized spacial score (nSPS) is 19.1. The molecule has 1 aliphatic carbocycles. The Hall–Kier alpha value is -3.00. The van der Waals surface area contributed by atoms with Crippen LogP contribution in [0.5, 0.6) is 5.75 Å². The fraction of sp³-hybridized carbons (Fsp3) is 0.407. The molecule has 182 valence electrons. The van der Waals surface area contributed by atoms with Crippen LogP contribution in [0, 0.1) is 5.41 Å². The molecule has 1 aromatic heterocycles. The zero-order valence-corrected chi connectivity index (χ0v) is 22.3. The lowest BCUT2D eigenvalue weighted by atomic mass is 9.73. The topological polar surface area (TPSA) is 81.9 Å². The Kier molecular flexibility index (Phi) is 5.82. The number of aromatic nitrogens is 4. The first-order valence-electron chi connectivity index (χ1n) is 11.8. The fourth-order valence-corrected chi connectivity index (χ4v) is 5.26. The molecule has 0 amide bonds. The third kappa shape index (κ3) is 4.63. The van der Waals surface area contributed by atoms with E-state index in [0.717, 1.165) is 27.7 Å². The van der Waals surface area contributed by atoms with E-state index in [-0.39, 0.29) is 16.6 Å². The molecule has 0 saturated carbocycles. The van der Waals surface area contributed by atoms with Crippen molar-refractivity contribution in [2.45, 2.75) is 65.5 Å². The molecule has 35 heavy (non-hydrogen) atoms. The van der Waals surface area contributed by atoms with Gasteiger partial charge in [0.15, 0.2) is 5.78 Å². The minimum atomic E-state index is -0.462. The number of hydrogen-bond donors (Lipinski definition) is 1. The molecule has 0 spiro atoms. The summed E-state index contributed by atoms with van der Waals surface area (Å²) in [6.07, 6.45) is 1.23. The number of nitrogens with zero attached hydrogens (tertiary/aromatic N) is 4. The number of halogens is 1. The number of fused-ring (bicyclic) bond motifs is 1. The van der Waals surface area contributed by atoms with Crippen molar-refractivity contribution < 1.29 is 9.53 Å². The Morgan fingerprint density at radius 2 is 1.89 bits per heavy atom. The van der Waals surface area contributed by atoms with Gasteiger partial charge in [-0.15, -0.1) is 0 Å². The Morgan fingerprint density at radius 1 is 1.14 bits per heavy atom. The molecule has 8 heteroatoms. The zero-order valence-electron chi connectivity index (χ0n) is 20.7. The fourth-order valence-electron chi connectivity index (χ4n) is 4.88. The number of Topliss-reactive ketones (excluding diaryl/α,β-unsaturated/α-hetero) is 1. The van der Waals surface area contributed by atoms with Crippen LogP contribution in [0.3, 0.4) is 0 Å². The highest BCUT2D eigenvalue weighted by Gasteiger charge is 2.42. The van der Waals surface area contributed by atoms with Gasteiger partial charge in [-0.1, -0.05) is 79.9 Å². The van der Waals surface area contributed by atoms with E-state index in [0.29, 0.717) is 30.3 Å².